The number of rotatable bonds is 9. The molecule has 1 saturated heterocycles. The van der Waals surface area contributed by atoms with Crippen molar-refractivity contribution in [1.82, 2.24) is 30.4 Å². The number of β-lactam (4-membered cyclic amide) rings is 1. The predicted octanol–water partition coefficient (Wildman–Crippen LogP) is 0.709. The van der Waals surface area contributed by atoms with Gasteiger partial charge in [0.25, 0.3) is 11.6 Å². The van der Waals surface area contributed by atoms with Crippen molar-refractivity contribution < 1.29 is 24.2 Å². The Balaban J connectivity index is 1.55. The van der Waals surface area contributed by atoms with Gasteiger partial charge in [-0.3, -0.25) is 14.5 Å². The molecule has 0 saturated carbocycles. The Bertz CT molecular complexity index is 1070. The van der Waals surface area contributed by atoms with Crippen molar-refractivity contribution in [3.63, 3.8) is 0 Å². The lowest BCUT2D eigenvalue weighted by atomic mass is 9.98. The van der Waals surface area contributed by atoms with Crippen LogP contribution in [0.5, 0.6) is 0 Å². The minimum atomic E-state index is -1.58. The number of hydrogen-bond donors (Lipinski definition) is 2. The van der Waals surface area contributed by atoms with Gasteiger partial charge in [-0.15, -0.1) is 28.2 Å². The molecule has 4 rings (SSSR count). The summed E-state index contributed by atoms with van der Waals surface area (Å²) in [5.74, 6) is -1.47. The number of aliphatic carboxylic acids is 1. The summed E-state index contributed by atoms with van der Waals surface area (Å²) in [7, 11) is 1.69. The molecule has 11 nitrogen and oxygen atoms in total. The van der Waals surface area contributed by atoms with Crippen molar-refractivity contribution in [2.75, 3.05) is 18.1 Å². The van der Waals surface area contributed by atoms with E-state index in [4.69, 9.17) is 4.74 Å². The van der Waals surface area contributed by atoms with Gasteiger partial charge in [-0.05, 0) is 34.4 Å². The molecule has 0 spiro atoms. The fourth-order valence-corrected chi connectivity index (χ4v) is 6.63. The molecule has 2 atom stereocenters. The van der Waals surface area contributed by atoms with Crippen molar-refractivity contribution in [3.05, 3.63) is 33.7 Å². The van der Waals surface area contributed by atoms with Crippen LogP contribution in [-0.2, 0) is 32.6 Å². The third kappa shape index (κ3) is 4.02. The van der Waals surface area contributed by atoms with E-state index >= 15 is 0 Å². The van der Waals surface area contributed by atoms with E-state index < -0.39 is 23.0 Å². The maximum Gasteiger partial charge on any atom is 0.352 e. The zero-order chi connectivity index (χ0) is 22.9. The molecule has 14 heteroatoms. The lowest BCUT2D eigenvalue weighted by molar-refractivity contribution is -0.197. The molecule has 0 bridgehead atoms. The highest BCUT2D eigenvalue weighted by molar-refractivity contribution is 8.01. The number of nitrogens with zero attached hydrogens (tertiary/aromatic N) is 5. The lowest BCUT2D eigenvalue weighted by Crippen LogP contribution is -2.81. The Morgan fingerprint density at radius 1 is 1.47 bits per heavy atom. The number of tetrazole rings is 1. The van der Waals surface area contributed by atoms with Crippen LogP contribution in [-0.4, -0.2) is 77.2 Å². The molecule has 0 radical (unpaired) electrons. The summed E-state index contributed by atoms with van der Waals surface area (Å²) in [6, 6.07) is 3.68. The Kier molecular flexibility index (Phi) is 6.55. The number of carbonyl (C=O) groups excluding carboxylic acids is 2. The van der Waals surface area contributed by atoms with Gasteiger partial charge in [0.15, 0.2) is 0 Å². The summed E-state index contributed by atoms with van der Waals surface area (Å²) in [4.78, 5) is 40.0. The number of carbonyl (C=O) groups is 3. The maximum absolute atomic E-state index is 13.2. The van der Waals surface area contributed by atoms with Crippen LogP contribution in [0.15, 0.2) is 33.9 Å². The van der Waals surface area contributed by atoms with E-state index in [-0.39, 0.29) is 24.6 Å². The van der Waals surface area contributed by atoms with Gasteiger partial charge in [0.2, 0.25) is 11.1 Å². The fraction of sp³-hybridized carbons (Fsp3) is 0.444. The molecule has 0 aromatic carbocycles. The standard InChI is InChI=1S/C18H20N6O5S3/c1-3-29-18(19-12(25)7-11-5-4-6-30-11)15(28)24-13(14(26)27)10(8-31-16(18)24)9-32-17-20-21-22-23(17)2/h4-6,16H,3,7-9H2,1-2H3,(H,19,25)(H,26,27)/t16?,18-/m0/s1. The summed E-state index contributed by atoms with van der Waals surface area (Å²) < 4.78 is 7.23. The van der Waals surface area contributed by atoms with Crippen LogP contribution in [0.25, 0.3) is 0 Å². The van der Waals surface area contributed by atoms with Crippen LogP contribution in [0.3, 0.4) is 0 Å². The number of hydrogen-bond acceptors (Lipinski definition) is 10. The molecule has 2 aromatic rings. The molecule has 2 amide bonds. The summed E-state index contributed by atoms with van der Waals surface area (Å²) in [6.07, 6.45) is 0.117. The molecule has 4 heterocycles. The summed E-state index contributed by atoms with van der Waals surface area (Å²) >= 11 is 4.09. The van der Waals surface area contributed by atoms with Gasteiger partial charge in [0.05, 0.1) is 6.42 Å². The van der Waals surface area contributed by atoms with Crippen LogP contribution in [0, 0.1) is 0 Å². The lowest BCUT2D eigenvalue weighted by Gasteiger charge is -2.56. The highest BCUT2D eigenvalue weighted by Gasteiger charge is 2.66. The average molecular weight is 497 g/mol. The molecule has 32 heavy (non-hydrogen) atoms. The maximum atomic E-state index is 13.2. The molecule has 1 unspecified atom stereocenters. The molecule has 2 aliphatic heterocycles. The van der Waals surface area contributed by atoms with Crippen molar-refractivity contribution >= 4 is 52.6 Å². The van der Waals surface area contributed by atoms with E-state index in [1.165, 1.54) is 44.4 Å². The van der Waals surface area contributed by atoms with Gasteiger partial charge < -0.3 is 15.2 Å². The first kappa shape index (κ1) is 22.8. The highest BCUT2D eigenvalue weighted by Crippen LogP contribution is 2.47. The number of thiophene rings is 1. The van der Waals surface area contributed by atoms with Gasteiger partial charge in [-0.1, -0.05) is 17.8 Å². The minimum Gasteiger partial charge on any atom is -0.477 e. The number of aromatic nitrogens is 4. The topological polar surface area (TPSA) is 140 Å². The van der Waals surface area contributed by atoms with Crippen LogP contribution >= 0.6 is 34.9 Å². The monoisotopic (exact) mass is 496 g/mol. The minimum absolute atomic E-state index is 0.0794. The first-order valence-corrected chi connectivity index (χ1v) is 12.5. The van der Waals surface area contributed by atoms with Gasteiger partial charge in [-0.25, -0.2) is 9.48 Å². The second-order valence-corrected chi connectivity index (χ2v) is 9.99. The first-order chi connectivity index (χ1) is 15.4. The second kappa shape index (κ2) is 9.21. The van der Waals surface area contributed by atoms with Crippen molar-refractivity contribution in [2.45, 2.75) is 29.6 Å². The summed E-state index contributed by atoms with van der Waals surface area (Å²) in [5, 5.41) is 25.6. The summed E-state index contributed by atoms with van der Waals surface area (Å²) in [5.41, 5.74) is -1.08. The third-order valence-corrected chi connectivity index (χ3v) is 8.23. The average Bonchev–Trinajstić information content (AvgIpc) is 3.42. The van der Waals surface area contributed by atoms with Crippen molar-refractivity contribution in [1.29, 1.82) is 0 Å². The Labute approximate surface area is 195 Å². The van der Waals surface area contributed by atoms with Gasteiger partial charge in [-0.2, -0.15) is 0 Å². The van der Waals surface area contributed by atoms with E-state index in [0.717, 1.165) is 4.88 Å². The Morgan fingerprint density at radius 3 is 2.91 bits per heavy atom. The smallest absolute Gasteiger partial charge is 0.352 e. The number of fused-ring (bicyclic) bond motifs is 1. The van der Waals surface area contributed by atoms with Crippen LogP contribution in [0.1, 0.15) is 11.8 Å². The van der Waals surface area contributed by atoms with E-state index in [1.54, 1.807) is 14.0 Å². The number of thioether (sulfide) groups is 2. The number of aryl methyl sites for hydroxylation is 1. The molecule has 1 fully saturated rings. The van der Waals surface area contributed by atoms with Gasteiger partial charge >= 0.3 is 5.97 Å². The SMILES string of the molecule is CCO[C@@]1(NC(=O)Cc2cccs2)C(=O)N2C(C(=O)O)=C(CSc3nnnn3C)CSC21. The molecular weight excluding hydrogens is 476 g/mol. The third-order valence-electron chi connectivity index (χ3n) is 4.88. The Morgan fingerprint density at radius 2 is 2.28 bits per heavy atom. The second-order valence-electron chi connectivity index (χ2n) is 6.94. The number of carboxylic acids is 1. The molecule has 2 N–H and O–H groups in total. The predicted molar refractivity (Wildman–Crippen MR) is 118 cm³/mol. The van der Waals surface area contributed by atoms with Crippen molar-refractivity contribution in [3.8, 4) is 0 Å². The zero-order valence-electron chi connectivity index (χ0n) is 17.2. The van der Waals surface area contributed by atoms with Crippen molar-refractivity contribution in [2.24, 2.45) is 7.05 Å². The largest absolute Gasteiger partial charge is 0.477 e. The normalized spacial score (nSPS) is 22.5. The summed E-state index contributed by atoms with van der Waals surface area (Å²) in [6.45, 7) is 1.91. The fourth-order valence-electron chi connectivity index (χ4n) is 3.53. The van der Waals surface area contributed by atoms with Crippen LogP contribution < -0.4 is 5.32 Å². The van der Waals surface area contributed by atoms with Crippen LogP contribution in [0.4, 0.5) is 0 Å². The Hall–Kier alpha value is -2.42. The molecule has 2 aromatic heterocycles. The van der Waals surface area contributed by atoms with Gasteiger partial charge in [0.1, 0.15) is 11.1 Å². The molecule has 2 aliphatic rings. The molecule has 0 aliphatic carbocycles. The number of amides is 2. The van der Waals surface area contributed by atoms with Crippen LogP contribution in [0.2, 0.25) is 0 Å². The zero-order valence-corrected chi connectivity index (χ0v) is 19.6. The van der Waals surface area contributed by atoms with E-state index in [9.17, 15) is 19.5 Å². The molecule has 170 valence electrons. The number of carboxylic acid groups (broad SMARTS) is 1. The van der Waals surface area contributed by atoms with E-state index in [2.05, 4.69) is 20.8 Å². The van der Waals surface area contributed by atoms with Gasteiger partial charge in [0, 0.05) is 30.0 Å². The highest BCUT2D eigenvalue weighted by atomic mass is 32.2. The molecular formula is C18H20N6O5S3. The first-order valence-electron chi connectivity index (χ1n) is 9.60. The number of nitrogens with one attached hydrogen (secondary N) is 1. The quantitative estimate of drug-likeness (QED) is 0.290. The van der Waals surface area contributed by atoms with E-state index in [0.29, 0.717) is 22.2 Å². The number of ether oxygens (including phenoxy) is 1. The van der Waals surface area contributed by atoms with E-state index in [1.807, 2.05) is 17.5 Å².